The Morgan fingerprint density at radius 2 is 1.83 bits per heavy atom. The number of fused-ring (bicyclic) bond motifs is 3. The van der Waals surface area contributed by atoms with E-state index in [4.69, 9.17) is 0 Å². The van der Waals surface area contributed by atoms with Crippen LogP contribution in [0.25, 0.3) is 10.9 Å². The maximum absolute atomic E-state index is 3.53. The van der Waals surface area contributed by atoms with E-state index in [1.807, 2.05) is 0 Å². The molecule has 0 bridgehead atoms. The van der Waals surface area contributed by atoms with Crippen molar-refractivity contribution in [2.75, 3.05) is 11.9 Å². The normalized spacial score (nSPS) is 13.9. The van der Waals surface area contributed by atoms with Crippen molar-refractivity contribution in [3.8, 4) is 0 Å². The zero-order chi connectivity index (χ0) is 16.4. The quantitative estimate of drug-likeness (QED) is 0.629. The largest absolute Gasteiger partial charge is 0.385 e. The molecule has 2 aromatic carbocycles. The maximum atomic E-state index is 3.53. The van der Waals surface area contributed by atoms with Crippen LogP contribution in [-0.4, -0.2) is 11.1 Å². The summed E-state index contributed by atoms with van der Waals surface area (Å²) in [6.07, 6.45) is 6.33. The first-order valence-electron chi connectivity index (χ1n) is 9.22. The first-order valence-corrected chi connectivity index (χ1v) is 9.22. The fourth-order valence-corrected chi connectivity index (χ4v) is 4.03. The van der Waals surface area contributed by atoms with E-state index in [0.29, 0.717) is 0 Å². The molecule has 0 radical (unpaired) electrons. The molecule has 2 heteroatoms. The zero-order valence-electron chi connectivity index (χ0n) is 14.5. The highest BCUT2D eigenvalue weighted by Gasteiger charge is 2.19. The van der Waals surface area contributed by atoms with Crippen molar-refractivity contribution in [3.63, 3.8) is 0 Å². The van der Waals surface area contributed by atoms with Gasteiger partial charge in [-0.3, -0.25) is 0 Å². The number of anilines is 1. The van der Waals surface area contributed by atoms with Crippen molar-refractivity contribution < 1.29 is 0 Å². The molecular weight excluding hydrogens is 292 g/mol. The molecule has 0 atom stereocenters. The Morgan fingerprint density at radius 3 is 2.71 bits per heavy atom. The van der Waals surface area contributed by atoms with Gasteiger partial charge >= 0.3 is 0 Å². The first-order chi connectivity index (χ1) is 11.8. The summed E-state index contributed by atoms with van der Waals surface area (Å²) in [6, 6.07) is 17.5. The summed E-state index contributed by atoms with van der Waals surface area (Å²) < 4.78 is 2.59. The molecule has 1 aromatic heterocycles. The standard InChI is InChI=1S/C22H26N2/c1-17-12-13-22-20(16-17)19-10-5-6-11-21(19)24(22)15-7-14-23-18-8-3-2-4-9-18/h2-4,8-9,12-13,16,23H,5-7,10-11,14-15H2,1H3. The van der Waals surface area contributed by atoms with Gasteiger partial charge in [-0.1, -0.05) is 29.8 Å². The molecule has 24 heavy (non-hydrogen) atoms. The molecule has 0 amide bonds. The van der Waals surface area contributed by atoms with Gasteiger partial charge in [0.2, 0.25) is 0 Å². The third-order valence-electron chi connectivity index (χ3n) is 5.19. The zero-order valence-corrected chi connectivity index (χ0v) is 14.5. The number of hydrogen-bond acceptors (Lipinski definition) is 1. The minimum absolute atomic E-state index is 1.02. The minimum Gasteiger partial charge on any atom is -0.385 e. The lowest BCUT2D eigenvalue weighted by Gasteiger charge is -2.16. The van der Waals surface area contributed by atoms with E-state index in [1.165, 1.54) is 47.8 Å². The van der Waals surface area contributed by atoms with Crippen LogP contribution in [0.15, 0.2) is 48.5 Å². The number of nitrogens with one attached hydrogen (secondary N) is 1. The summed E-state index contributed by atoms with van der Waals surface area (Å²) in [5, 5.41) is 5.03. The van der Waals surface area contributed by atoms with E-state index in [2.05, 4.69) is 65.3 Å². The average Bonchev–Trinajstić information content (AvgIpc) is 2.93. The molecule has 1 aliphatic rings. The van der Waals surface area contributed by atoms with Crippen molar-refractivity contribution in [1.29, 1.82) is 0 Å². The molecule has 3 aromatic rings. The third kappa shape index (κ3) is 2.93. The van der Waals surface area contributed by atoms with Crippen molar-refractivity contribution in [2.45, 2.75) is 45.6 Å². The fraction of sp³-hybridized carbons (Fsp3) is 0.364. The Labute approximate surface area is 144 Å². The molecule has 1 N–H and O–H groups in total. The number of aryl methyl sites for hydroxylation is 3. The summed E-state index contributed by atoms with van der Waals surface area (Å²) in [4.78, 5) is 0. The summed E-state index contributed by atoms with van der Waals surface area (Å²) in [5.74, 6) is 0. The highest BCUT2D eigenvalue weighted by Crippen LogP contribution is 2.33. The lowest BCUT2D eigenvalue weighted by atomic mass is 9.95. The van der Waals surface area contributed by atoms with Crippen molar-refractivity contribution in [1.82, 2.24) is 4.57 Å². The van der Waals surface area contributed by atoms with E-state index in [1.54, 1.807) is 11.3 Å². The maximum Gasteiger partial charge on any atom is 0.0485 e. The third-order valence-corrected chi connectivity index (χ3v) is 5.19. The Hall–Kier alpha value is -2.22. The van der Waals surface area contributed by atoms with Crippen LogP contribution < -0.4 is 5.32 Å². The topological polar surface area (TPSA) is 17.0 Å². The van der Waals surface area contributed by atoms with Crippen molar-refractivity contribution >= 4 is 16.6 Å². The van der Waals surface area contributed by atoms with Crippen LogP contribution in [0.4, 0.5) is 5.69 Å². The van der Waals surface area contributed by atoms with E-state index < -0.39 is 0 Å². The summed E-state index contributed by atoms with van der Waals surface area (Å²) in [5.41, 5.74) is 7.25. The second-order valence-electron chi connectivity index (χ2n) is 6.95. The van der Waals surface area contributed by atoms with Crippen LogP contribution in [-0.2, 0) is 19.4 Å². The number of benzene rings is 2. The van der Waals surface area contributed by atoms with Crippen molar-refractivity contribution in [2.24, 2.45) is 0 Å². The van der Waals surface area contributed by atoms with Gasteiger partial charge in [-0.15, -0.1) is 0 Å². The van der Waals surface area contributed by atoms with Crippen LogP contribution in [0.1, 0.15) is 36.1 Å². The Morgan fingerprint density at radius 1 is 1.00 bits per heavy atom. The Balaban J connectivity index is 1.53. The van der Waals surface area contributed by atoms with Crippen molar-refractivity contribution in [3.05, 3.63) is 65.4 Å². The van der Waals surface area contributed by atoms with Crippen LogP contribution in [0.5, 0.6) is 0 Å². The number of aromatic nitrogens is 1. The minimum atomic E-state index is 1.02. The van der Waals surface area contributed by atoms with Crippen LogP contribution >= 0.6 is 0 Å². The summed E-state index contributed by atoms with van der Waals surface area (Å²) in [6.45, 7) is 4.33. The SMILES string of the molecule is Cc1ccc2c(c1)c1c(n2CCCNc2ccccc2)CCCC1. The highest BCUT2D eigenvalue weighted by atomic mass is 15.0. The number of hydrogen-bond donors (Lipinski definition) is 1. The molecule has 0 spiro atoms. The Bertz CT molecular complexity index is 830. The molecule has 0 aliphatic heterocycles. The van der Waals surface area contributed by atoms with Gasteiger partial charge in [0.05, 0.1) is 0 Å². The highest BCUT2D eigenvalue weighted by molar-refractivity contribution is 5.86. The van der Waals surface area contributed by atoms with Gasteiger partial charge in [0.1, 0.15) is 0 Å². The van der Waals surface area contributed by atoms with Gasteiger partial charge in [0, 0.05) is 35.4 Å². The lowest BCUT2D eigenvalue weighted by Crippen LogP contribution is -2.11. The first kappa shape index (κ1) is 15.3. The van der Waals surface area contributed by atoms with Gasteiger partial charge in [0.15, 0.2) is 0 Å². The van der Waals surface area contributed by atoms with E-state index in [-0.39, 0.29) is 0 Å². The molecular formula is C22H26N2. The molecule has 1 aliphatic carbocycles. The van der Waals surface area contributed by atoms with Crippen LogP contribution in [0.3, 0.4) is 0 Å². The monoisotopic (exact) mass is 318 g/mol. The van der Waals surface area contributed by atoms with Gasteiger partial charge in [-0.2, -0.15) is 0 Å². The van der Waals surface area contributed by atoms with Gasteiger partial charge in [0.25, 0.3) is 0 Å². The number of para-hydroxylation sites is 1. The molecule has 0 unspecified atom stereocenters. The molecule has 0 saturated carbocycles. The smallest absolute Gasteiger partial charge is 0.0485 e. The fourth-order valence-electron chi connectivity index (χ4n) is 4.03. The lowest BCUT2D eigenvalue weighted by molar-refractivity contribution is 0.600. The second kappa shape index (κ2) is 6.72. The molecule has 1 heterocycles. The van der Waals surface area contributed by atoms with Gasteiger partial charge < -0.3 is 9.88 Å². The van der Waals surface area contributed by atoms with Gasteiger partial charge in [-0.05, 0) is 68.9 Å². The predicted molar refractivity (Wildman–Crippen MR) is 103 cm³/mol. The molecule has 124 valence electrons. The average molecular weight is 318 g/mol. The van der Waals surface area contributed by atoms with E-state index >= 15 is 0 Å². The molecule has 0 fully saturated rings. The van der Waals surface area contributed by atoms with Crippen LogP contribution in [0, 0.1) is 6.92 Å². The van der Waals surface area contributed by atoms with E-state index in [0.717, 1.165) is 19.5 Å². The van der Waals surface area contributed by atoms with Crippen LogP contribution in [0.2, 0.25) is 0 Å². The van der Waals surface area contributed by atoms with Gasteiger partial charge in [-0.25, -0.2) is 0 Å². The number of nitrogens with zero attached hydrogens (tertiary/aromatic N) is 1. The van der Waals surface area contributed by atoms with E-state index in [9.17, 15) is 0 Å². The second-order valence-corrected chi connectivity index (χ2v) is 6.95. The summed E-state index contributed by atoms with van der Waals surface area (Å²) in [7, 11) is 0. The molecule has 4 rings (SSSR count). The predicted octanol–water partition coefficient (Wildman–Crippen LogP) is 5.33. The molecule has 0 saturated heterocycles. The number of rotatable bonds is 5. The molecule has 2 nitrogen and oxygen atoms in total. The summed E-state index contributed by atoms with van der Waals surface area (Å²) >= 11 is 0. The Kier molecular flexibility index (Phi) is 4.29.